The Morgan fingerprint density at radius 2 is 2.21 bits per heavy atom. The summed E-state index contributed by atoms with van der Waals surface area (Å²) in [7, 11) is 1.56. The number of aromatic hydroxyl groups is 1. The third-order valence-electron chi connectivity index (χ3n) is 2.13. The normalized spacial score (nSPS) is 9.86. The average molecular weight is 194 g/mol. The lowest BCUT2D eigenvalue weighted by atomic mass is 10.1. The van der Waals surface area contributed by atoms with Crippen molar-refractivity contribution in [3.05, 3.63) is 23.3 Å². The number of aryl methyl sites for hydroxylation is 2. The highest BCUT2D eigenvalue weighted by Gasteiger charge is 2.06. The number of rotatable bonds is 4. The summed E-state index contributed by atoms with van der Waals surface area (Å²) in [6, 6.07) is 3.42. The minimum Gasteiger partial charge on any atom is -0.508 e. The molecule has 1 aromatic carbocycles. The maximum Gasteiger partial charge on any atom is 0.125 e. The number of hydrogen-bond acceptors (Lipinski definition) is 3. The quantitative estimate of drug-likeness (QED) is 0.744. The zero-order chi connectivity index (χ0) is 10.6. The van der Waals surface area contributed by atoms with E-state index in [0.717, 1.165) is 17.4 Å². The standard InChI is InChI=1S/C11H14O3/c1-8-6-9(4-3-5-12)10(13)7-11(8)14-2/h5-7,13H,3-4H2,1-2H3. The Morgan fingerprint density at radius 3 is 2.79 bits per heavy atom. The number of aldehydes is 1. The molecule has 14 heavy (non-hydrogen) atoms. The third-order valence-corrected chi connectivity index (χ3v) is 2.13. The molecule has 0 fully saturated rings. The molecule has 0 unspecified atom stereocenters. The van der Waals surface area contributed by atoms with Crippen molar-refractivity contribution < 1.29 is 14.6 Å². The van der Waals surface area contributed by atoms with E-state index in [2.05, 4.69) is 0 Å². The molecule has 0 heterocycles. The van der Waals surface area contributed by atoms with Crippen molar-refractivity contribution in [2.45, 2.75) is 19.8 Å². The fourth-order valence-corrected chi connectivity index (χ4v) is 1.37. The van der Waals surface area contributed by atoms with Crippen LogP contribution in [0.5, 0.6) is 11.5 Å². The number of methoxy groups -OCH3 is 1. The van der Waals surface area contributed by atoms with Gasteiger partial charge in [-0.1, -0.05) is 0 Å². The van der Waals surface area contributed by atoms with Crippen molar-refractivity contribution in [1.82, 2.24) is 0 Å². The first-order chi connectivity index (χ1) is 6.69. The van der Waals surface area contributed by atoms with E-state index >= 15 is 0 Å². The molecular formula is C11H14O3. The lowest BCUT2D eigenvalue weighted by molar-refractivity contribution is -0.107. The topological polar surface area (TPSA) is 46.5 Å². The van der Waals surface area contributed by atoms with E-state index in [0.29, 0.717) is 18.6 Å². The molecule has 0 bridgehead atoms. The van der Waals surface area contributed by atoms with E-state index in [-0.39, 0.29) is 5.75 Å². The van der Waals surface area contributed by atoms with Crippen molar-refractivity contribution >= 4 is 6.29 Å². The largest absolute Gasteiger partial charge is 0.508 e. The molecule has 1 rings (SSSR count). The summed E-state index contributed by atoms with van der Waals surface area (Å²) in [5.74, 6) is 0.853. The summed E-state index contributed by atoms with van der Waals surface area (Å²) < 4.78 is 5.06. The average Bonchev–Trinajstić information content (AvgIpc) is 2.18. The molecule has 0 aromatic heterocycles. The first kappa shape index (κ1) is 10.6. The van der Waals surface area contributed by atoms with Gasteiger partial charge in [0.1, 0.15) is 17.8 Å². The van der Waals surface area contributed by atoms with Gasteiger partial charge < -0.3 is 14.6 Å². The summed E-state index contributed by atoms with van der Waals surface area (Å²) in [6.07, 6.45) is 1.85. The number of carbonyl (C=O) groups is 1. The molecule has 0 saturated carbocycles. The van der Waals surface area contributed by atoms with Crippen LogP contribution in [0, 0.1) is 6.92 Å². The molecule has 1 aromatic rings. The van der Waals surface area contributed by atoms with E-state index in [1.165, 1.54) is 0 Å². The minimum absolute atomic E-state index is 0.189. The van der Waals surface area contributed by atoms with Crippen LogP contribution in [0.1, 0.15) is 17.5 Å². The van der Waals surface area contributed by atoms with Gasteiger partial charge in [-0.25, -0.2) is 0 Å². The van der Waals surface area contributed by atoms with Crippen molar-refractivity contribution in [3.63, 3.8) is 0 Å². The molecule has 0 saturated heterocycles. The molecule has 76 valence electrons. The van der Waals surface area contributed by atoms with Crippen LogP contribution in [0.4, 0.5) is 0 Å². The summed E-state index contributed by atoms with van der Waals surface area (Å²) in [6.45, 7) is 1.91. The van der Waals surface area contributed by atoms with Crippen molar-refractivity contribution in [2.24, 2.45) is 0 Å². The first-order valence-electron chi connectivity index (χ1n) is 4.49. The van der Waals surface area contributed by atoms with Crippen molar-refractivity contribution in [3.8, 4) is 11.5 Å². The molecule has 0 radical (unpaired) electrons. The van der Waals surface area contributed by atoms with Crippen LogP contribution in [0.15, 0.2) is 12.1 Å². The molecular weight excluding hydrogens is 180 g/mol. The summed E-state index contributed by atoms with van der Waals surface area (Å²) in [4.78, 5) is 10.2. The number of hydrogen-bond donors (Lipinski definition) is 1. The van der Waals surface area contributed by atoms with E-state index < -0.39 is 0 Å². The van der Waals surface area contributed by atoms with E-state index in [4.69, 9.17) is 4.74 Å². The number of carbonyl (C=O) groups excluding carboxylic acids is 1. The monoisotopic (exact) mass is 194 g/mol. The predicted octanol–water partition coefficient (Wildman–Crippen LogP) is 1.84. The fraction of sp³-hybridized carbons (Fsp3) is 0.364. The van der Waals surface area contributed by atoms with Crippen molar-refractivity contribution in [2.75, 3.05) is 7.11 Å². The number of phenolic OH excluding ortho intramolecular Hbond substituents is 1. The van der Waals surface area contributed by atoms with Crippen LogP contribution in [-0.2, 0) is 11.2 Å². The van der Waals surface area contributed by atoms with E-state index in [1.807, 2.05) is 13.0 Å². The minimum atomic E-state index is 0.189. The molecule has 0 atom stereocenters. The smallest absolute Gasteiger partial charge is 0.125 e. The Morgan fingerprint density at radius 1 is 1.50 bits per heavy atom. The SMILES string of the molecule is COc1cc(O)c(CCC=O)cc1C. The number of phenols is 1. The van der Waals surface area contributed by atoms with Crippen LogP contribution in [0.3, 0.4) is 0 Å². The molecule has 1 N–H and O–H groups in total. The number of benzene rings is 1. The summed E-state index contributed by atoms with van der Waals surface area (Å²) in [5, 5.41) is 9.58. The Kier molecular flexibility index (Phi) is 3.51. The Hall–Kier alpha value is -1.51. The molecule has 0 aliphatic carbocycles. The lowest BCUT2D eigenvalue weighted by Gasteiger charge is -2.08. The highest BCUT2D eigenvalue weighted by Crippen LogP contribution is 2.28. The predicted molar refractivity (Wildman–Crippen MR) is 53.8 cm³/mol. The maximum atomic E-state index is 10.2. The van der Waals surface area contributed by atoms with Gasteiger partial charge in [0.15, 0.2) is 0 Å². The summed E-state index contributed by atoms with van der Waals surface area (Å²) >= 11 is 0. The number of ether oxygens (including phenoxy) is 1. The van der Waals surface area contributed by atoms with Crippen LogP contribution >= 0.6 is 0 Å². The second-order valence-electron chi connectivity index (χ2n) is 3.16. The second kappa shape index (κ2) is 4.65. The van der Waals surface area contributed by atoms with Gasteiger partial charge in [-0.2, -0.15) is 0 Å². The second-order valence-corrected chi connectivity index (χ2v) is 3.16. The zero-order valence-electron chi connectivity index (χ0n) is 8.41. The fourth-order valence-electron chi connectivity index (χ4n) is 1.37. The van der Waals surface area contributed by atoms with Gasteiger partial charge >= 0.3 is 0 Å². The van der Waals surface area contributed by atoms with Crippen LogP contribution in [-0.4, -0.2) is 18.5 Å². The Labute approximate surface area is 83.3 Å². The van der Waals surface area contributed by atoms with Crippen LogP contribution in [0.25, 0.3) is 0 Å². The highest BCUT2D eigenvalue weighted by atomic mass is 16.5. The van der Waals surface area contributed by atoms with Gasteiger partial charge in [-0.15, -0.1) is 0 Å². The zero-order valence-corrected chi connectivity index (χ0v) is 8.41. The van der Waals surface area contributed by atoms with E-state index in [1.54, 1.807) is 13.2 Å². The van der Waals surface area contributed by atoms with Gasteiger partial charge in [-0.05, 0) is 30.5 Å². The van der Waals surface area contributed by atoms with Gasteiger partial charge in [0.2, 0.25) is 0 Å². The van der Waals surface area contributed by atoms with Gasteiger partial charge in [-0.3, -0.25) is 0 Å². The van der Waals surface area contributed by atoms with Gasteiger partial charge in [0.05, 0.1) is 7.11 Å². The van der Waals surface area contributed by atoms with E-state index in [9.17, 15) is 9.90 Å². The lowest BCUT2D eigenvalue weighted by Crippen LogP contribution is -1.92. The molecule has 0 amide bonds. The molecule has 0 aliphatic rings. The van der Waals surface area contributed by atoms with Crippen LogP contribution in [0.2, 0.25) is 0 Å². The van der Waals surface area contributed by atoms with Gasteiger partial charge in [0, 0.05) is 12.5 Å². The molecule has 0 spiro atoms. The highest BCUT2D eigenvalue weighted by molar-refractivity contribution is 5.52. The third kappa shape index (κ3) is 2.25. The molecule has 0 aliphatic heterocycles. The Balaban J connectivity index is 2.96. The summed E-state index contributed by atoms with van der Waals surface area (Å²) in [5.41, 5.74) is 1.75. The van der Waals surface area contributed by atoms with Gasteiger partial charge in [0.25, 0.3) is 0 Å². The first-order valence-corrected chi connectivity index (χ1v) is 4.49. The Bertz CT molecular complexity index is 332. The molecule has 3 heteroatoms. The van der Waals surface area contributed by atoms with Crippen molar-refractivity contribution in [1.29, 1.82) is 0 Å². The van der Waals surface area contributed by atoms with Crippen LogP contribution < -0.4 is 4.74 Å². The molecule has 3 nitrogen and oxygen atoms in total. The maximum absolute atomic E-state index is 10.2.